The Kier molecular flexibility index (Phi) is 6.66. The van der Waals surface area contributed by atoms with E-state index in [9.17, 15) is 9.59 Å². The van der Waals surface area contributed by atoms with Gasteiger partial charge in [0.25, 0.3) is 0 Å². The lowest BCUT2D eigenvalue weighted by Crippen LogP contribution is -2.36. The van der Waals surface area contributed by atoms with Gasteiger partial charge >= 0.3 is 5.97 Å². The number of carbonyl (C=O) groups excluding carboxylic acids is 2. The van der Waals surface area contributed by atoms with Crippen molar-refractivity contribution in [3.8, 4) is 0 Å². The fourth-order valence-corrected chi connectivity index (χ4v) is 2.75. The lowest BCUT2D eigenvalue weighted by Gasteiger charge is -2.23. The molecule has 0 heterocycles. The minimum absolute atomic E-state index is 0.0221. The maximum absolute atomic E-state index is 12.6. The van der Waals surface area contributed by atoms with Crippen LogP contribution >= 0.6 is 11.6 Å². The second-order valence-corrected chi connectivity index (χ2v) is 6.09. The summed E-state index contributed by atoms with van der Waals surface area (Å²) in [5.41, 5.74) is 0.939. The molecule has 23 heavy (non-hydrogen) atoms. The number of esters is 1. The minimum atomic E-state index is -0.378. The summed E-state index contributed by atoms with van der Waals surface area (Å²) in [4.78, 5) is 25.9. The van der Waals surface area contributed by atoms with Gasteiger partial charge in [0.1, 0.15) is 6.54 Å². The van der Waals surface area contributed by atoms with E-state index in [-0.39, 0.29) is 24.3 Å². The Morgan fingerprint density at radius 2 is 2.04 bits per heavy atom. The molecule has 1 aliphatic carbocycles. The number of nitrogens with zero attached hydrogens (tertiary/aromatic N) is 1. The third-order valence-corrected chi connectivity index (χ3v) is 4.07. The Bertz CT molecular complexity index is 568. The Morgan fingerprint density at radius 3 is 2.65 bits per heavy atom. The molecule has 5 heteroatoms. The fraction of sp³-hybridized carbons (Fsp3) is 0.444. The van der Waals surface area contributed by atoms with Crippen molar-refractivity contribution in [1.29, 1.82) is 0 Å². The molecule has 124 valence electrons. The molecule has 4 nitrogen and oxygen atoms in total. The highest BCUT2D eigenvalue weighted by Gasteiger charge is 2.22. The summed E-state index contributed by atoms with van der Waals surface area (Å²) in [6.07, 6.45) is 6.64. The van der Waals surface area contributed by atoms with E-state index in [0.29, 0.717) is 24.6 Å². The first-order valence-corrected chi connectivity index (χ1v) is 8.30. The average Bonchev–Trinajstić information content (AvgIpc) is 3.02. The first kappa shape index (κ1) is 17.5. The van der Waals surface area contributed by atoms with Crippen LogP contribution in [0.3, 0.4) is 0 Å². The lowest BCUT2D eigenvalue weighted by molar-refractivity contribution is -0.149. The van der Waals surface area contributed by atoms with Crippen LogP contribution in [0.4, 0.5) is 0 Å². The van der Waals surface area contributed by atoms with Crippen LogP contribution in [0.25, 0.3) is 0 Å². The monoisotopic (exact) mass is 335 g/mol. The van der Waals surface area contributed by atoms with Crippen molar-refractivity contribution in [2.45, 2.75) is 32.7 Å². The van der Waals surface area contributed by atoms with Crippen molar-refractivity contribution in [2.75, 3.05) is 13.2 Å². The van der Waals surface area contributed by atoms with Gasteiger partial charge in [0.2, 0.25) is 5.91 Å². The maximum atomic E-state index is 12.6. The molecule has 1 amide bonds. The number of allylic oxidation sites excluding steroid dienone is 2. The van der Waals surface area contributed by atoms with Gasteiger partial charge in [-0.1, -0.05) is 35.9 Å². The fourth-order valence-electron chi connectivity index (χ4n) is 2.62. The molecule has 0 unspecified atom stereocenters. The third-order valence-electron chi connectivity index (χ3n) is 3.81. The topological polar surface area (TPSA) is 46.6 Å². The molecule has 0 N–H and O–H groups in total. The standard InChI is InChI=1S/C18H22ClNO3/c1-2-23-18(22)13-20(12-15-7-9-16(19)10-8-15)17(21)11-14-5-3-4-6-14/h3,5,7-10,14H,2,4,6,11-13H2,1H3/t14-/m0/s1. The van der Waals surface area contributed by atoms with E-state index in [0.717, 1.165) is 18.4 Å². The van der Waals surface area contributed by atoms with Crippen LogP contribution in [0, 0.1) is 5.92 Å². The second-order valence-electron chi connectivity index (χ2n) is 5.65. The van der Waals surface area contributed by atoms with Gasteiger partial charge in [-0.05, 0) is 43.4 Å². The van der Waals surface area contributed by atoms with E-state index in [4.69, 9.17) is 16.3 Å². The Labute approximate surface area is 142 Å². The van der Waals surface area contributed by atoms with Gasteiger partial charge in [-0.25, -0.2) is 0 Å². The van der Waals surface area contributed by atoms with Crippen LogP contribution in [-0.4, -0.2) is 29.9 Å². The van der Waals surface area contributed by atoms with Gasteiger partial charge < -0.3 is 9.64 Å². The maximum Gasteiger partial charge on any atom is 0.325 e. The molecule has 0 bridgehead atoms. The van der Waals surface area contributed by atoms with Crippen LogP contribution in [0.2, 0.25) is 5.02 Å². The van der Waals surface area contributed by atoms with Gasteiger partial charge in [0, 0.05) is 18.0 Å². The number of amides is 1. The minimum Gasteiger partial charge on any atom is -0.465 e. The van der Waals surface area contributed by atoms with Crippen molar-refractivity contribution < 1.29 is 14.3 Å². The first-order chi connectivity index (χ1) is 11.1. The molecule has 0 radical (unpaired) electrons. The van der Waals surface area contributed by atoms with E-state index >= 15 is 0 Å². The molecule has 0 saturated heterocycles. The van der Waals surface area contributed by atoms with Crippen molar-refractivity contribution in [3.63, 3.8) is 0 Å². The van der Waals surface area contributed by atoms with Crippen LogP contribution in [0.15, 0.2) is 36.4 Å². The van der Waals surface area contributed by atoms with Crippen molar-refractivity contribution >= 4 is 23.5 Å². The van der Waals surface area contributed by atoms with Crippen molar-refractivity contribution in [2.24, 2.45) is 5.92 Å². The number of benzene rings is 1. The van der Waals surface area contributed by atoms with Gasteiger partial charge in [-0.2, -0.15) is 0 Å². The average molecular weight is 336 g/mol. The molecule has 0 fully saturated rings. The number of ether oxygens (including phenoxy) is 1. The zero-order valence-corrected chi connectivity index (χ0v) is 14.1. The number of hydrogen-bond acceptors (Lipinski definition) is 3. The lowest BCUT2D eigenvalue weighted by atomic mass is 10.0. The zero-order chi connectivity index (χ0) is 16.7. The van der Waals surface area contributed by atoms with Gasteiger partial charge in [-0.3, -0.25) is 9.59 Å². The van der Waals surface area contributed by atoms with Gasteiger partial charge in [0.15, 0.2) is 0 Å². The molecule has 1 aromatic carbocycles. The number of rotatable bonds is 7. The summed E-state index contributed by atoms with van der Waals surface area (Å²) in [6, 6.07) is 7.29. The quantitative estimate of drug-likeness (QED) is 0.565. The van der Waals surface area contributed by atoms with Crippen molar-refractivity contribution in [3.05, 3.63) is 47.0 Å². The summed E-state index contributed by atoms with van der Waals surface area (Å²) < 4.78 is 4.98. The second kappa shape index (κ2) is 8.73. The Morgan fingerprint density at radius 1 is 1.30 bits per heavy atom. The predicted octanol–water partition coefficient (Wildman–Crippen LogP) is 3.59. The third kappa shape index (κ3) is 5.71. The molecule has 0 spiro atoms. The summed E-state index contributed by atoms with van der Waals surface area (Å²) >= 11 is 5.89. The largest absolute Gasteiger partial charge is 0.465 e. The number of carbonyl (C=O) groups is 2. The number of halogens is 1. The molecular weight excluding hydrogens is 314 g/mol. The zero-order valence-electron chi connectivity index (χ0n) is 13.3. The molecule has 1 aromatic rings. The van der Waals surface area contributed by atoms with Crippen LogP contribution in [-0.2, 0) is 20.9 Å². The summed E-state index contributed by atoms with van der Waals surface area (Å²) in [5.74, 6) is -0.126. The first-order valence-electron chi connectivity index (χ1n) is 7.93. The summed E-state index contributed by atoms with van der Waals surface area (Å²) in [7, 11) is 0. The SMILES string of the molecule is CCOC(=O)CN(Cc1ccc(Cl)cc1)C(=O)C[C@H]1C=CCC1. The van der Waals surface area contributed by atoms with Crippen LogP contribution in [0.1, 0.15) is 31.7 Å². The highest BCUT2D eigenvalue weighted by molar-refractivity contribution is 6.30. The highest BCUT2D eigenvalue weighted by Crippen LogP contribution is 2.22. The Hall–Kier alpha value is -1.81. The smallest absolute Gasteiger partial charge is 0.325 e. The molecular formula is C18H22ClNO3. The van der Waals surface area contributed by atoms with E-state index in [1.165, 1.54) is 0 Å². The van der Waals surface area contributed by atoms with Gasteiger partial charge in [-0.15, -0.1) is 0 Å². The van der Waals surface area contributed by atoms with Crippen molar-refractivity contribution in [1.82, 2.24) is 4.90 Å². The van der Waals surface area contributed by atoms with E-state index in [1.807, 2.05) is 12.1 Å². The molecule has 1 aliphatic rings. The number of hydrogen-bond donors (Lipinski definition) is 0. The molecule has 0 aromatic heterocycles. The van der Waals surface area contributed by atoms with Crippen LogP contribution < -0.4 is 0 Å². The highest BCUT2D eigenvalue weighted by atomic mass is 35.5. The summed E-state index contributed by atoms with van der Waals surface area (Å²) in [5, 5.41) is 0.646. The summed E-state index contributed by atoms with van der Waals surface area (Å²) in [6.45, 7) is 2.43. The van der Waals surface area contributed by atoms with Gasteiger partial charge in [0.05, 0.1) is 6.61 Å². The molecule has 1 atom stereocenters. The predicted molar refractivity (Wildman–Crippen MR) is 90.0 cm³/mol. The Balaban J connectivity index is 2.03. The molecule has 0 aliphatic heterocycles. The van der Waals surface area contributed by atoms with Crippen LogP contribution in [0.5, 0.6) is 0 Å². The van der Waals surface area contributed by atoms with E-state index in [2.05, 4.69) is 12.2 Å². The molecule has 2 rings (SSSR count). The van der Waals surface area contributed by atoms with E-state index in [1.54, 1.807) is 24.0 Å². The normalized spacial score (nSPS) is 16.3. The van der Waals surface area contributed by atoms with E-state index < -0.39 is 0 Å². The molecule has 0 saturated carbocycles.